The molecule has 1 aromatic heterocycles. The Labute approximate surface area is 76.6 Å². The lowest BCUT2D eigenvalue weighted by atomic mass is 10.2. The highest BCUT2D eigenvalue weighted by atomic mass is 35.5. The van der Waals surface area contributed by atoms with Crippen LogP contribution in [0.2, 0.25) is 5.02 Å². The number of hydrogen-bond donors (Lipinski definition) is 0. The monoisotopic (exact) mass is 178 g/mol. The van der Waals surface area contributed by atoms with Gasteiger partial charge in [0.15, 0.2) is 0 Å². The fourth-order valence-corrected chi connectivity index (χ4v) is 1.61. The lowest BCUT2D eigenvalue weighted by molar-refractivity contribution is 0.967. The van der Waals surface area contributed by atoms with E-state index >= 15 is 0 Å². The predicted octanol–water partition coefficient (Wildman–Crippen LogP) is 3.01. The van der Waals surface area contributed by atoms with Gasteiger partial charge in [0.2, 0.25) is 0 Å². The van der Waals surface area contributed by atoms with Gasteiger partial charge in [-0.3, -0.25) is 0 Å². The number of nitrogens with zero attached hydrogens (tertiary/aromatic N) is 1. The molecule has 0 aliphatic carbocycles. The summed E-state index contributed by atoms with van der Waals surface area (Å²) < 4.78 is 2.03. The first-order valence-corrected chi connectivity index (χ1v) is 4.13. The summed E-state index contributed by atoms with van der Waals surface area (Å²) in [5.74, 6) is 0. The summed E-state index contributed by atoms with van der Waals surface area (Å²) in [6.45, 7) is 3.94. The van der Waals surface area contributed by atoms with Crippen molar-refractivity contribution in [3.8, 4) is 0 Å². The zero-order valence-electron chi connectivity index (χ0n) is 6.84. The second-order valence-corrected chi connectivity index (χ2v) is 3.36. The SMILES string of the molecule is [CH2]c1cn(C)c2cc(Cl)ccc12. The lowest BCUT2D eigenvalue weighted by Crippen LogP contribution is -1.82. The van der Waals surface area contributed by atoms with E-state index in [1.807, 2.05) is 36.0 Å². The molecule has 2 rings (SSSR count). The Morgan fingerprint density at radius 3 is 2.92 bits per heavy atom. The van der Waals surface area contributed by atoms with E-state index in [9.17, 15) is 0 Å². The quantitative estimate of drug-likeness (QED) is 0.585. The zero-order chi connectivity index (χ0) is 8.72. The second-order valence-electron chi connectivity index (χ2n) is 2.93. The van der Waals surface area contributed by atoms with Crippen molar-refractivity contribution >= 4 is 22.5 Å². The smallest absolute Gasteiger partial charge is 0.0495 e. The lowest BCUT2D eigenvalue weighted by Gasteiger charge is -1.95. The number of rotatable bonds is 0. The highest BCUT2D eigenvalue weighted by Gasteiger charge is 2.01. The number of fused-ring (bicyclic) bond motifs is 1. The molecule has 0 spiro atoms. The van der Waals surface area contributed by atoms with Crippen LogP contribution in [0.15, 0.2) is 24.4 Å². The van der Waals surface area contributed by atoms with Gasteiger partial charge in [-0.1, -0.05) is 17.7 Å². The van der Waals surface area contributed by atoms with Crippen LogP contribution in [0.1, 0.15) is 5.56 Å². The largest absolute Gasteiger partial charge is 0.350 e. The molecule has 0 saturated carbocycles. The Hall–Kier alpha value is -0.950. The van der Waals surface area contributed by atoms with Crippen molar-refractivity contribution in [1.29, 1.82) is 0 Å². The van der Waals surface area contributed by atoms with E-state index in [1.54, 1.807) is 0 Å². The Balaban J connectivity index is 2.90. The average molecular weight is 179 g/mol. The van der Waals surface area contributed by atoms with Crippen LogP contribution in [0.3, 0.4) is 0 Å². The van der Waals surface area contributed by atoms with Crippen molar-refractivity contribution in [2.75, 3.05) is 0 Å². The van der Waals surface area contributed by atoms with Gasteiger partial charge in [-0.05, 0) is 24.6 Å². The van der Waals surface area contributed by atoms with Crippen molar-refractivity contribution in [3.63, 3.8) is 0 Å². The van der Waals surface area contributed by atoms with Gasteiger partial charge in [0, 0.05) is 29.2 Å². The molecule has 1 aromatic carbocycles. The molecule has 1 radical (unpaired) electrons. The summed E-state index contributed by atoms with van der Waals surface area (Å²) in [4.78, 5) is 0. The number of halogens is 1. The van der Waals surface area contributed by atoms with Crippen LogP contribution < -0.4 is 0 Å². The summed E-state index contributed by atoms with van der Waals surface area (Å²) >= 11 is 5.87. The molecule has 0 amide bonds. The van der Waals surface area contributed by atoms with Crippen LogP contribution in [-0.2, 0) is 7.05 Å². The molecule has 0 fully saturated rings. The van der Waals surface area contributed by atoms with Gasteiger partial charge < -0.3 is 4.57 Å². The van der Waals surface area contributed by atoms with Crippen molar-refractivity contribution < 1.29 is 0 Å². The van der Waals surface area contributed by atoms with Gasteiger partial charge in [0.25, 0.3) is 0 Å². The summed E-state index contributed by atoms with van der Waals surface area (Å²) in [5, 5.41) is 1.94. The number of aromatic nitrogens is 1. The van der Waals surface area contributed by atoms with Crippen LogP contribution in [0.25, 0.3) is 10.9 Å². The Bertz CT molecular complexity index is 429. The predicted molar refractivity (Wildman–Crippen MR) is 52.4 cm³/mol. The molecule has 2 aromatic rings. The van der Waals surface area contributed by atoms with Crippen molar-refractivity contribution in [1.82, 2.24) is 4.57 Å². The first-order valence-electron chi connectivity index (χ1n) is 3.75. The Morgan fingerprint density at radius 2 is 2.17 bits per heavy atom. The maximum Gasteiger partial charge on any atom is 0.0495 e. The number of hydrogen-bond acceptors (Lipinski definition) is 0. The molecule has 0 N–H and O–H groups in total. The van der Waals surface area contributed by atoms with E-state index in [2.05, 4.69) is 6.92 Å². The molecule has 2 heteroatoms. The molecule has 0 atom stereocenters. The second kappa shape index (κ2) is 2.53. The van der Waals surface area contributed by atoms with Gasteiger partial charge >= 0.3 is 0 Å². The molecular formula is C10H9ClN. The van der Waals surface area contributed by atoms with Crippen LogP contribution in [0, 0.1) is 6.92 Å². The van der Waals surface area contributed by atoms with Gasteiger partial charge in [-0.15, -0.1) is 0 Å². The normalized spacial score (nSPS) is 10.9. The van der Waals surface area contributed by atoms with E-state index in [0.29, 0.717) is 0 Å². The molecule has 0 aliphatic heterocycles. The fraction of sp³-hybridized carbons (Fsp3) is 0.100. The molecule has 0 bridgehead atoms. The van der Waals surface area contributed by atoms with E-state index in [0.717, 1.165) is 16.1 Å². The number of aryl methyl sites for hydroxylation is 1. The van der Waals surface area contributed by atoms with Crippen LogP contribution in [0.4, 0.5) is 0 Å². The third-order valence-corrected chi connectivity index (χ3v) is 2.27. The average Bonchev–Trinajstić information content (AvgIpc) is 2.28. The first kappa shape index (κ1) is 7.69. The molecular weight excluding hydrogens is 170 g/mol. The molecule has 12 heavy (non-hydrogen) atoms. The van der Waals surface area contributed by atoms with E-state index < -0.39 is 0 Å². The highest BCUT2D eigenvalue weighted by Crippen LogP contribution is 2.22. The summed E-state index contributed by atoms with van der Waals surface area (Å²) in [7, 11) is 1.99. The first-order chi connectivity index (χ1) is 5.68. The van der Waals surface area contributed by atoms with Crippen LogP contribution >= 0.6 is 11.6 Å². The molecule has 61 valence electrons. The van der Waals surface area contributed by atoms with Gasteiger partial charge in [0.1, 0.15) is 0 Å². The van der Waals surface area contributed by atoms with Crippen molar-refractivity contribution in [3.05, 3.63) is 41.9 Å². The van der Waals surface area contributed by atoms with Crippen molar-refractivity contribution in [2.24, 2.45) is 7.05 Å². The van der Waals surface area contributed by atoms with E-state index in [4.69, 9.17) is 11.6 Å². The molecule has 1 heterocycles. The Kier molecular flexibility index (Phi) is 1.62. The van der Waals surface area contributed by atoms with E-state index in [-0.39, 0.29) is 0 Å². The van der Waals surface area contributed by atoms with Crippen LogP contribution in [0.5, 0.6) is 0 Å². The van der Waals surface area contributed by atoms with Gasteiger partial charge in [0.05, 0.1) is 0 Å². The fourth-order valence-electron chi connectivity index (χ4n) is 1.44. The minimum absolute atomic E-state index is 0.767. The summed E-state index contributed by atoms with van der Waals surface area (Å²) in [6, 6.07) is 5.84. The maximum absolute atomic E-state index is 5.87. The Morgan fingerprint density at radius 1 is 1.42 bits per heavy atom. The summed E-state index contributed by atoms with van der Waals surface area (Å²) in [6.07, 6.45) is 2.00. The molecule has 1 nitrogen and oxygen atoms in total. The summed E-state index contributed by atoms with van der Waals surface area (Å²) in [5.41, 5.74) is 2.18. The molecule has 0 saturated heterocycles. The van der Waals surface area contributed by atoms with Crippen molar-refractivity contribution in [2.45, 2.75) is 0 Å². The van der Waals surface area contributed by atoms with Gasteiger partial charge in [-0.25, -0.2) is 0 Å². The maximum atomic E-state index is 5.87. The minimum Gasteiger partial charge on any atom is -0.350 e. The topological polar surface area (TPSA) is 4.93 Å². The minimum atomic E-state index is 0.767. The third kappa shape index (κ3) is 1.01. The standard InChI is InChI=1S/C10H9ClN/c1-7-6-12(2)10-5-8(11)3-4-9(7)10/h3-6H,1H2,2H3. The number of benzene rings is 1. The van der Waals surface area contributed by atoms with E-state index in [1.165, 1.54) is 5.39 Å². The molecule has 0 unspecified atom stereocenters. The third-order valence-electron chi connectivity index (χ3n) is 2.04. The van der Waals surface area contributed by atoms with Crippen LogP contribution in [-0.4, -0.2) is 4.57 Å². The molecule has 0 aliphatic rings. The highest BCUT2D eigenvalue weighted by molar-refractivity contribution is 6.31. The zero-order valence-corrected chi connectivity index (χ0v) is 7.60. The van der Waals surface area contributed by atoms with Gasteiger partial charge in [-0.2, -0.15) is 0 Å².